The van der Waals surface area contributed by atoms with Gasteiger partial charge in [-0.2, -0.15) is 0 Å². The highest BCUT2D eigenvalue weighted by Crippen LogP contribution is 2.37. The minimum absolute atomic E-state index is 0.169. The number of nitrogens with one attached hydrogen (secondary N) is 1. The van der Waals surface area contributed by atoms with Gasteiger partial charge in [0.2, 0.25) is 5.91 Å². The Hall–Kier alpha value is -1.47. The zero-order chi connectivity index (χ0) is 17.2. The Bertz CT molecular complexity index is 596. The summed E-state index contributed by atoms with van der Waals surface area (Å²) in [5, 5.41) is 11.6. The standard InChI is InChI=1S/C18H30N6O/c19-9-15-10-24(22-21-15)11-16-8-13-6-7-23(16)12-17(13)18(25)20-14-4-2-1-3-5-14/h10,13-14,16-17H,1-9,11-12,19H2,(H,20,25)/t13?,16-,17+/m1/s1. The van der Waals surface area contributed by atoms with Gasteiger partial charge in [0.15, 0.2) is 0 Å². The first-order valence-electron chi connectivity index (χ1n) is 9.86. The number of amides is 1. The van der Waals surface area contributed by atoms with Gasteiger partial charge in [0.1, 0.15) is 0 Å². The fourth-order valence-corrected chi connectivity index (χ4v) is 4.92. The van der Waals surface area contributed by atoms with E-state index < -0.39 is 0 Å². The molecule has 7 heteroatoms. The van der Waals surface area contributed by atoms with E-state index in [1.807, 2.05) is 10.9 Å². The van der Waals surface area contributed by atoms with Crippen LogP contribution in [0.5, 0.6) is 0 Å². The Morgan fingerprint density at radius 2 is 2.12 bits per heavy atom. The lowest BCUT2D eigenvalue weighted by atomic mass is 9.75. The maximum absolute atomic E-state index is 12.8. The topological polar surface area (TPSA) is 89.1 Å². The summed E-state index contributed by atoms with van der Waals surface area (Å²) in [4.78, 5) is 15.3. The van der Waals surface area contributed by atoms with Gasteiger partial charge in [0.25, 0.3) is 0 Å². The van der Waals surface area contributed by atoms with E-state index in [1.54, 1.807) is 0 Å². The van der Waals surface area contributed by atoms with E-state index >= 15 is 0 Å². The minimum Gasteiger partial charge on any atom is -0.353 e. The number of hydrogen-bond donors (Lipinski definition) is 2. The van der Waals surface area contributed by atoms with Crippen LogP contribution in [0.3, 0.4) is 0 Å². The number of hydrogen-bond acceptors (Lipinski definition) is 5. The van der Waals surface area contributed by atoms with Crippen molar-refractivity contribution in [3.05, 3.63) is 11.9 Å². The summed E-state index contributed by atoms with van der Waals surface area (Å²) < 4.78 is 1.91. The van der Waals surface area contributed by atoms with Gasteiger partial charge in [0, 0.05) is 31.4 Å². The first-order valence-corrected chi connectivity index (χ1v) is 9.86. The van der Waals surface area contributed by atoms with Crippen LogP contribution in [0.2, 0.25) is 0 Å². The predicted molar refractivity (Wildman–Crippen MR) is 94.5 cm³/mol. The first kappa shape index (κ1) is 17.0. The average molecular weight is 346 g/mol. The van der Waals surface area contributed by atoms with Gasteiger partial charge in [-0.15, -0.1) is 5.10 Å². The van der Waals surface area contributed by atoms with E-state index in [4.69, 9.17) is 5.73 Å². The predicted octanol–water partition coefficient (Wildman–Crippen LogP) is 0.896. The Kier molecular flexibility index (Phi) is 5.03. The molecule has 7 nitrogen and oxygen atoms in total. The maximum Gasteiger partial charge on any atom is 0.224 e. The van der Waals surface area contributed by atoms with Crippen molar-refractivity contribution in [2.45, 2.75) is 70.1 Å². The third-order valence-electron chi connectivity index (χ3n) is 6.36. The molecule has 0 radical (unpaired) electrons. The van der Waals surface area contributed by atoms with Crippen molar-refractivity contribution in [2.75, 3.05) is 13.1 Å². The van der Waals surface area contributed by atoms with Gasteiger partial charge < -0.3 is 11.1 Å². The van der Waals surface area contributed by atoms with Crippen LogP contribution in [0.4, 0.5) is 0 Å². The summed E-state index contributed by atoms with van der Waals surface area (Å²) in [6.07, 6.45) is 10.3. The number of nitrogens with two attached hydrogens (primary N) is 1. The van der Waals surface area contributed by atoms with Crippen molar-refractivity contribution in [1.82, 2.24) is 25.2 Å². The molecule has 25 heavy (non-hydrogen) atoms. The van der Waals surface area contributed by atoms with Crippen LogP contribution in [0.25, 0.3) is 0 Å². The fourth-order valence-electron chi connectivity index (χ4n) is 4.92. The van der Waals surface area contributed by atoms with Crippen molar-refractivity contribution in [2.24, 2.45) is 17.6 Å². The highest BCUT2D eigenvalue weighted by atomic mass is 16.2. The normalized spacial score (nSPS) is 32.7. The third-order valence-corrected chi connectivity index (χ3v) is 6.36. The van der Waals surface area contributed by atoms with Crippen molar-refractivity contribution in [3.63, 3.8) is 0 Å². The molecule has 1 aromatic rings. The highest BCUT2D eigenvalue weighted by molar-refractivity contribution is 5.79. The van der Waals surface area contributed by atoms with E-state index in [0.29, 0.717) is 30.5 Å². The summed E-state index contributed by atoms with van der Waals surface area (Å²) >= 11 is 0. The van der Waals surface area contributed by atoms with Gasteiger partial charge in [-0.25, -0.2) is 0 Å². The number of aromatic nitrogens is 3. The van der Waals surface area contributed by atoms with Crippen LogP contribution in [0.15, 0.2) is 6.20 Å². The minimum atomic E-state index is 0.169. The summed E-state index contributed by atoms with van der Waals surface area (Å²) in [5.41, 5.74) is 6.45. The number of fused-ring (bicyclic) bond motifs is 3. The summed E-state index contributed by atoms with van der Waals surface area (Å²) in [6, 6.07) is 0.877. The molecule has 4 heterocycles. The second-order valence-electron chi connectivity index (χ2n) is 8.02. The van der Waals surface area contributed by atoms with E-state index in [0.717, 1.165) is 51.0 Å². The summed E-state index contributed by atoms with van der Waals surface area (Å²) in [6.45, 7) is 3.27. The summed E-state index contributed by atoms with van der Waals surface area (Å²) in [7, 11) is 0. The second kappa shape index (κ2) is 7.41. The number of rotatable bonds is 5. The van der Waals surface area contributed by atoms with Crippen LogP contribution in [-0.2, 0) is 17.9 Å². The van der Waals surface area contributed by atoms with Gasteiger partial charge in [-0.1, -0.05) is 24.5 Å². The lowest BCUT2D eigenvalue weighted by molar-refractivity contribution is -0.134. The number of carbonyl (C=O) groups is 1. The Morgan fingerprint density at radius 1 is 1.28 bits per heavy atom. The van der Waals surface area contributed by atoms with E-state index in [1.165, 1.54) is 19.3 Å². The molecular formula is C18H30N6O. The summed E-state index contributed by atoms with van der Waals surface area (Å²) in [5.74, 6) is 0.976. The van der Waals surface area contributed by atoms with Crippen LogP contribution in [-0.4, -0.2) is 51.0 Å². The number of piperidine rings is 3. The molecule has 3 N–H and O–H groups in total. The quantitative estimate of drug-likeness (QED) is 0.827. The average Bonchev–Trinajstić information content (AvgIpc) is 3.10. The molecule has 2 unspecified atom stereocenters. The molecule has 4 fully saturated rings. The van der Waals surface area contributed by atoms with Crippen molar-refractivity contribution in [1.29, 1.82) is 0 Å². The zero-order valence-corrected chi connectivity index (χ0v) is 14.9. The molecule has 1 aromatic heterocycles. The molecule has 3 aliphatic heterocycles. The largest absolute Gasteiger partial charge is 0.353 e. The smallest absolute Gasteiger partial charge is 0.224 e. The Balaban J connectivity index is 1.33. The van der Waals surface area contributed by atoms with E-state index in [2.05, 4.69) is 20.5 Å². The maximum atomic E-state index is 12.8. The van der Waals surface area contributed by atoms with Crippen molar-refractivity contribution < 1.29 is 4.79 Å². The van der Waals surface area contributed by atoms with Crippen LogP contribution in [0, 0.1) is 11.8 Å². The zero-order valence-electron chi connectivity index (χ0n) is 14.9. The number of carbonyl (C=O) groups excluding carboxylic acids is 1. The van der Waals surface area contributed by atoms with Crippen LogP contribution < -0.4 is 11.1 Å². The highest BCUT2D eigenvalue weighted by Gasteiger charge is 2.43. The van der Waals surface area contributed by atoms with Gasteiger partial charge in [0.05, 0.1) is 18.2 Å². The molecule has 138 valence electrons. The molecule has 4 atom stereocenters. The molecule has 2 bridgehead atoms. The van der Waals surface area contributed by atoms with Gasteiger partial charge >= 0.3 is 0 Å². The lowest BCUT2D eigenvalue weighted by Gasteiger charge is -2.49. The van der Waals surface area contributed by atoms with Crippen LogP contribution in [0.1, 0.15) is 50.6 Å². The molecule has 1 amide bonds. The lowest BCUT2D eigenvalue weighted by Crippen LogP contribution is -2.58. The number of nitrogens with zero attached hydrogens (tertiary/aromatic N) is 4. The molecule has 0 aromatic carbocycles. The Labute approximate surface area is 149 Å². The molecule has 1 aliphatic carbocycles. The van der Waals surface area contributed by atoms with Crippen LogP contribution >= 0.6 is 0 Å². The first-order chi connectivity index (χ1) is 12.2. The fraction of sp³-hybridized carbons (Fsp3) is 0.833. The van der Waals surface area contributed by atoms with Gasteiger partial charge in [-0.05, 0) is 38.1 Å². The molecule has 4 aliphatic rings. The van der Waals surface area contributed by atoms with E-state index in [-0.39, 0.29) is 5.92 Å². The van der Waals surface area contributed by atoms with Gasteiger partial charge in [-0.3, -0.25) is 14.4 Å². The third kappa shape index (κ3) is 3.72. The van der Waals surface area contributed by atoms with Crippen molar-refractivity contribution in [3.8, 4) is 0 Å². The molecule has 5 rings (SSSR count). The van der Waals surface area contributed by atoms with Crippen molar-refractivity contribution >= 4 is 5.91 Å². The molecule has 3 saturated heterocycles. The van der Waals surface area contributed by atoms with E-state index in [9.17, 15) is 4.79 Å². The monoisotopic (exact) mass is 346 g/mol. The molecule has 1 saturated carbocycles. The SMILES string of the molecule is NCc1cn(C[C@H]2CC3CCN2C[C@@H]3C(=O)NC2CCCCC2)nn1. The molecule has 0 spiro atoms. The second-order valence-corrected chi connectivity index (χ2v) is 8.02. The molecular weight excluding hydrogens is 316 g/mol. The Morgan fingerprint density at radius 3 is 2.80 bits per heavy atom.